The van der Waals surface area contributed by atoms with Crippen LogP contribution >= 0.6 is 11.6 Å². The van der Waals surface area contributed by atoms with E-state index in [-0.39, 0.29) is 16.5 Å². The highest BCUT2D eigenvalue weighted by Gasteiger charge is 2.18. The molecule has 7 heteroatoms. The van der Waals surface area contributed by atoms with Crippen molar-refractivity contribution < 1.29 is 8.42 Å². The average molecular weight is 328 g/mol. The summed E-state index contributed by atoms with van der Waals surface area (Å²) >= 11 is 5.93. The van der Waals surface area contributed by atoms with E-state index in [4.69, 9.17) is 11.6 Å². The lowest BCUT2D eigenvalue weighted by Gasteiger charge is -2.11. The van der Waals surface area contributed by atoms with Gasteiger partial charge in [0.15, 0.2) is 0 Å². The monoisotopic (exact) mass is 327 g/mol. The van der Waals surface area contributed by atoms with Crippen LogP contribution in [-0.2, 0) is 23.1 Å². The van der Waals surface area contributed by atoms with Crippen molar-refractivity contribution in [3.8, 4) is 0 Å². The molecule has 1 aromatic heterocycles. The number of imidazole rings is 1. The number of sulfonamides is 1. The molecule has 0 fully saturated rings. The average Bonchev–Trinajstić information content (AvgIpc) is 2.83. The molecule has 2 aromatic rings. The quantitative estimate of drug-likeness (QED) is 0.887. The predicted molar refractivity (Wildman–Crippen MR) is 82.5 cm³/mol. The van der Waals surface area contributed by atoms with E-state index < -0.39 is 10.0 Å². The Morgan fingerprint density at radius 3 is 2.71 bits per heavy atom. The normalized spacial score (nSPS) is 12.0. The van der Waals surface area contributed by atoms with Crippen LogP contribution in [0.1, 0.15) is 19.7 Å². The maximum absolute atomic E-state index is 12.2. The van der Waals surface area contributed by atoms with Gasteiger partial charge in [0.1, 0.15) is 10.7 Å². The summed E-state index contributed by atoms with van der Waals surface area (Å²) in [6, 6.07) is 6.36. The van der Waals surface area contributed by atoms with Crippen molar-refractivity contribution in [2.24, 2.45) is 5.92 Å². The van der Waals surface area contributed by atoms with E-state index in [1.54, 1.807) is 24.4 Å². The zero-order valence-electron chi connectivity index (χ0n) is 12.0. The first kappa shape index (κ1) is 16.0. The molecule has 114 valence electrons. The Bertz CT molecular complexity index is 711. The minimum absolute atomic E-state index is 0.0774. The summed E-state index contributed by atoms with van der Waals surface area (Å²) in [7, 11) is -3.65. The third-order valence-corrected chi connectivity index (χ3v) is 4.81. The van der Waals surface area contributed by atoms with E-state index in [9.17, 15) is 8.42 Å². The lowest BCUT2D eigenvalue weighted by Crippen LogP contribution is -2.25. The standard InChI is InChI=1S/C14H18ClN3O2S/c1-11(2)10-18-8-7-16-14(18)9-17-21(19,20)13-6-4-3-5-12(13)15/h3-8,11,17H,9-10H2,1-2H3. The molecule has 0 aliphatic heterocycles. The molecule has 1 heterocycles. The predicted octanol–water partition coefficient (Wildman–Crippen LogP) is 2.67. The molecule has 0 bridgehead atoms. The Balaban J connectivity index is 2.13. The lowest BCUT2D eigenvalue weighted by molar-refractivity contribution is 0.502. The summed E-state index contributed by atoms with van der Waals surface area (Å²) in [5.41, 5.74) is 0. The van der Waals surface area contributed by atoms with Crippen LogP contribution in [0, 0.1) is 5.92 Å². The molecule has 2 rings (SSSR count). The Morgan fingerprint density at radius 1 is 1.33 bits per heavy atom. The van der Waals surface area contributed by atoms with Gasteiger partial charge in [0.25, 0.3) is 0 Å². The molecule has 0 unspecified atom stereocenters. The fourth-order valence-electron chi connectivity index (χ4n) is 1.97. The van der Waals surface area contributed by atoms with Gasteiger partial charge in [-0.1, -0.05) is 37.6 Å². The fourth-order valence-corrected chi connectivity index (χ4v) is 3.46. The lowest BCUT2D eigenvalue weighted by atomic mass is 10.2. The first-order valence-electron chi connectivity index (χ1n) is 6.64. The van der Waals surface area contributed by atoms with Gasteiger partial charge in [-0.05, 0) is 18.1 Å². The summed E-state index contributed by atoms with van der Waals surface area (Å²) in [5, 5.41) is 0.204. The number of hydrogen-bond acceptors (Lipinski definition) is 3. The van der Waals surface area contributed by atoms with Crippen molar-refractivity contribution in [3.63, 3.8) is 0 Å². The van der Waals surface area contributed by atoms with Crippen molar-refractivity contribution in [2.45, 2.75) is 31.8 Å². The number of nitrogens with zero attached hydrogens (tertiary/aromatic N) is 2. The first-order valence-corrected chi connectivity index (χ1v) is 8.50. The van der Waals surface area contributed by atoms with Gasteiger partial charge in [0.05, 0.1) is 11.6 Å². The van der Waals surface area contributed by atoms with E-state index in [2.05, 4.69) is 23.6 Å². The maximum Gasteiger partial charge on any atom is 0.242 e. The number of nitrogens with one attached hydrogen (secondary N) is 1. The van der Waals surface area contributed by atoms with E-state index in [1.807, 2.05) is 10.8 Å². The number of halogens is 1. The highest BCUT2D eigenvalue weighted by molar-refractivity contribution is 7.89. The summed E-state index contributed by atoms with van der Waals surface area (Å²) in [5.74, 6) is 1.14. The van der Waals surface area contributed by atoms with Gasteiger partial charge in [0, 0.05) is 18.9 Å². The smallest absolute Gasteiger partial charge is 0.242 e. The van der Waals surface area contributed by atoms with Crippen molar-refractivity contribution >= 4 is 21.6 Å². The molecular weight excluding hydrogens is 310 g/mol. The Hall–Kier alpha value is -1.37. The topological polar surface area (TPSA) is 64.0 Å². The highest BCUT2D eigenvalue weighted by atomic mass is 35.5. The molecule has 21 heavy (non-hydrogen) atoms. The second-order valence-corrected chi connectivity index (χ2v) is 7.29. The maximum atomic E-state index is 12.2. The zero-order valence-corrected chi connectivity index (χ0v) is 13.5. The molecular formula is C14H18ClN3O2S. The number of benzene rings is 1. The molecule has 0 aliphatic carbocycles. The van der Waals surface area contributed by atoms with Crippen molar-refractivity contribution in [2.75, 3.05) is 0 Å². The van der Waals surface area contributed by atoms with Gasteiger partial charge >= 0.3 is 0 Å². The van der Waals surface area contributed by atoms with Crippen molar-refractivity contribution in [1.29, 1.82) is 0 Å². The Labute approximate surface area is 130 Å². The Morgan fingerprint density at radius 2 is 2.05 bits per heavy atom. The second-order valence-electron chi connectivity index (χ2n) is 5.14. The fraction of sp³-hybridized carbons (Fsp3) is 0.357. The molecule has 0 amide bonds. The van der Waals surface area contributed by atoms with Crippen LogP contribution in [0.3, 0.4) is 0 Å². The first-order chi connectivity index (χ1) is 9.90. The summed E-state index contributed by atoms with van der Waals surface area (Å²) in [6.07, 6.45) is 3.51. The van der Waals surface area contributed by atoms with E-state index in [0.29, 0.717) is 11.7 Å². The molecule has 0 radical (unpaired) electrons. The number of rotatable bonds is 6. The van der Waals surface area contributed by atoms with Gasteiger partial charge in [-0.25, -0.2) is 18.1 Å². The third-order valence-electron chi connectivity index (χ3n) is 2.91. The van der Waals surface area contributed by atoms with Crippen LogP contribution in [0.4, 0.5) is 0 Å². The third kappa shape index (κ3) is 4.06. The van der Waals surface area contributed by atoms with Crippen LogP contribution in [0.15, 0.2) is 41.6 Å². The molecule has 0 atom stereocenters. The van der Waals surface area contributed by atoms with E-state index in [1.165, 1.54) is 6.07 Å². The molecule has 1 N–H and O–H groups in total. The van der Waals surface area contributed by atoms with Gasteiger partial charge in [0.2, 0.25) is 10.0 Å². The molecule has 1 aromatic carbocycles. The SMILES string of the molecule is CC(C)Cn1ccnc1CNS(=O)(=O)c1ccccc1Cl. The zero-order chi connectivity index (χ0) is 15.5. The van der Waals surface area contributed by atoms with Crippen LogP contribution in [0.25, 0.3) is 0 Å². The number of aromatic nitrogens is 2. The molecule has 0 aliphatic rings. The van der Waals surface area contributed by atoms with Crippen LogP contribution in [0.5, 0.6) is 0 Å². The summed E-state index contributed by atoms with van der Waals surface area (Å²) in [6.45, 7) is 5.12. The molecule has 0 saturated carbocycles. The summed E-state index contributed by atoms with van der Waals surface area (Å²) in [4.78, 5) is 4.27. The minimum atomic E-state index is -3.65. The van der Waals surface area contributed by atoms with Crippen LogP contribution < -0.4 is 4.72 Å². The largest absolute Gasteiger partial charge is 0.334 e. The number of hydrogen-bond donors (Lipinski definition) is 1. The van der Waals surface area contributed by atoms with Crippen molar-refractivity contribution in [3.05, 3.63) is 47.5 Å². The minimum Gasteiger partial charge on any atom is -0.334 e. The van der Waals surface area contributed by atoms with Crippen LogP contribution in [0.2, 0.25) is 5.02 Å². The van der Waals surface area contributed by atoms with Crippen LogP contribution in [-0.4, -0.2) is 18.0 Å². The summed E-state index contributed by atoms with van der Waals surface area (Å²) < 4.78 is 29.0. The van der Waals surface area contributed by atoms with Gasteiger partial charge in [-0.2, -0.15) is 0 Å². The van der Waals surface area contributed by atoms with Gasteiger partial charge in [-0.15, -0.1) is 0 Å². The second kappa shape index (κ2) is 6.60. The Kier molecular flexibility index (Phi) is 5.03. The van der Waals surface area contributed by atoms with Crippen molar-refractivity contribution in [1.82, 2.24) is 14.3 Å². The van der Waals surface area contributed by atoms with Gasteiger partial charge < -0.3 is 4.57 Å². The van der Waals surface area contributed by atoms with E-state index in [0.717, 1.165) is 6.54 Å². The van der Waals surface area contributed by atoms with Gasteiger partial charge in [-0.3, -0.25) is 0 Å². The molecule has 5 nitrogen and oxygen atoms in total. The molecule has 0 saturated heterocycles. The molecule has 0 spiro atoms. The highest BCUT2D eigenvalue weighted by Crippen LogP contribution is 2.20. The van der Waals surface area contributed by atoms with E-state index >= 15 is 0 Å².